The molecule has 0 aliphatic heterocycles. The fraction of sp³-hybridized carbons (Fsp3) is 0.235. The summed E-state index contributed by atoms with van der Waals surface area (Å²) in [6, 6.07) is 10.8. The number of Topliss-reactive ketones (excluding diaryl/α,β-unsaturated/α-hetero) is 1. The Morgan fingerprint density at radius 3 is 2.13 bits per heavy atom. The van der Waals surface area contributed by atoms with E-state index in [1.165, 1.54) is 18.2 Å². The summed E-state index contributed by atoms with van der Waals surface area (Å²) in [6.45, 7) is 2.07. The summed E-state index contributed by atoms with van der Waals surface area (Å²) in [5.74, 6) is -0.257. The Bertz CT molecular complexity index is 638. The summed E-state index contributed by atoms with van der Waals surface area (Å²) in [6.07, 6.45) is 0.721. The zero-order valence-corrected chi connectivity index (χ0v) is 14.4. The van der Waals surface area contributed by atoms with Gasteiger partial charge in [0, 0.05) is 17.7 Å². The Hall–Kier alpha value is -2.05. The van der Waals surface area contributed by atoms with Crippen LogP contribution >= 0.6 is 17.0 Å². The second-order valence-electron chi connectivity index (χ2n) is 5.31. The molecule has 0 amide bonds. The molecule has 4 N–H and O–H groups in total. The average Bonchev–Trinajstić information content (AvgIpc) is 2.46. The smallest absolute Gasteiger partial charge is 0.176 e. The molecule has 0 saturated heterocycles. The van der Waals surface area contributed by atoms with E-state index >= 15 is 0 Å². The third-order valence-electron chi connectivity index (χ3n) is 3.31. The molecule has 2 rings (SSSR count). The molecule has 2 aromatic rings. The fourth-order valence-electron chi connectivity index (χ4n) is 2.18. The predicted molar refractivity (Wildman–Crippen MR) is 93.7 cm³/mol. The normalized spacial score (nSPS) is 11.5. The first-order chi connectivity index (χ1) is 10.4. The van der Waals surface area contributed by atoms with Crippen molar-refractivity contribution < 1.29 is 20.1 Å². The number of hydrogen-bond acceptors (Lipinski definition) is 5. The lowest BCUT2D eigenvalue weighted by molar-refractivity contribution is 0.0987. The summed E-state index contributed by atoms with van der Waals surface area (Å²) >= 11 is 0. The van der Waals surface area contributed by atoms with Crippen LogP contribution in [-0.4, -0.2) is 33.7 Å². The van der Waals surface area contributed by atoms with Crippen LogP contribution in [0.3, 0.4) is 0 Å². The van der Waals surface area contributed by atoms with Crippen LogP contribution in [-0.2, 0) is 6.42 Å². The third kappa shape index (κ3) is 5.92. The number of benzene rings is 2. The lowest BCUT2D eigenvalue weighted by atomic mass is 10.1. The Balaban J connectivity index is 0.00000264. The molecule has 0 bridgehead atoms. The number of phenolic OH excluding ortho intramolecular Hbond substituents is 3. The Kier molecular flexibility index (Phi) is 7.06. The zero-order chi connectivity index (χ0) is 16.1. The van der Waals surface area contributed by atoms with Gasteiger partial charge in [-0.3, -0.25) is 4.79 Å². The number of ketones is 1. The standard InChI is InChI=1S/C17H19NO4.BrH/c1-11(6-12-2-4-14(19)5-3-12)18-10-17(22)13-7-15(20)9-16(21)8-13;/h2-5,7-9,11,18-21H,6,10H2,1H3;1H. The first kappa shape index (κ1) is 19.0. The van der Waals surface area contributed by atoms with Gasteiger partial charge in [-0.1, -0.05) is 12.1 Å². The van der Waals surface area contributed by atoms with Crippen LogP contribution in [0.1, 0.15) is 22.8 Å². The highest BCUT2D eigenvalue weighted by molar-refractivity contribution is 8.93. The van der Waals surface area contributed by atoms with Crippen LogP contribution in [0.15, 0.2) is 42.5 Å². The van der Waals surface area contributed by atoms with E-state index in [0.29, 0.717) is 0 Å². The SMILES string of the molecule is Br.CC(Cc1ccc(O)cc1)NCC(=O)c1cc(O)cc(O)c1. The van der Waals surface area contributed by atoms with Crippen LogP contribution in [0.25, 0.3) is 0 Å². The van der Waals surface area contributed by atoms with Gasteiger partial charge in [0.1, 0.15) is 17.2 Å². The Labute approximate surface area is 145 Å². The molecule has 0 spiro atoms. The van der Waals surface area contributed by atoms with Gasteiger partial charge in [-0.25, -0.2) is 0 Å². The van der Waals surface area contributed by atoms with Crippen molar-refractivity contribution in [2.24, 2.45) is 0 Å². The number of hydrogen-bond donors (Lipinski definition) is 4. The number of halogens is 1. The highest BCUT2D eigenvalue weighted by atomic mass is 79.9. The van der Waals surface area contributed by atoms with E-state index < -0.39 is 0 Å². The largest absolute Gasteiger partial charge is 0.508 e. The quantitative estimate of drug-likeness (QED) is 0.577. The molecule has 0 fully saturated rings. The van der Waals surface area contributed by atoms with E-state index in [1.54, 1.807) is 12.1 Å². The monoisotopic (exact) mass is 381 g/mol. The molecule has 1 atom stereocenters. The van der Waals surface area contributed by atoms with E-state index in [0.717, 1.165) is 12.0 Å². The van der Waals surface area contributed by atoms with Crippen molar-refractivity contribution in [1.82, 2.24) is 5.32 Å². The number of carbonyl (C=O) groups excluding carboxylic acids is 1. The molecule has 2 aromatic carbocycles. The van der Waals surface area contributed by atoms with Gasteiger partial charge in [0.15, 0.2) is 5.78 Å². The molecule has 0 aliphatic carbocycles. The summed E-state index contributed by atoms with van der Waals surface area (Å²) in [7, 11) is 0. The molecule has 0 aromatic heterocycles. The summed E-state index contributed by atoms with van der Waals surface area (Å²) < 4.78 is 0. The molecule has 0 heterocycles. The zero-order valence-electron chi connectivity index (χ0n) is 12.7. The minimum atomic E-state index is -0.205. The van der Waals surface area contributed by atoms with Gasteiger partial charge in [0.25, 0.3) is 0 Å². The van der Waals surface area contributed by atoms with Crippen molar-refractivity contribution >= 4 is 22.8 Å². The van der Waals surface area contributed by atoms with Gasteiger partial charge in [-0.15, -0.1) is 17.0 Å². The molecular formula is C17H20BrNO4. The van der Waals surface area contributed by atoms with Crippen molar-refractivity contribution in [3.8, 4) is 17.2 Å². The molecule has 5 nitrogen and oxygen atoms in total. The maximum absolute atomic E-state index is 12.0. The second kappa shape index (κ2) is 8.55. The molecule has 6 heteroatoms. The van der Waals surface area contributed by atoms with E-state index in [1.807, 2.05) is 19.1 Å². The Morgan fingerprint density at radius 2 is 1.57 bits per heavy atom. The lowest BCUT2D eigenvalue weighted by Crippen LogP contribution is -2.33. The second-order valence-corrected chi connectivity index (χ2v) is 5.31. The lowest BCUT2D eigenvalue weighted by Gasteiger charge is -2.13. The fourth-order valence-corrected chi connectivity index (χ4v) is 2.18. The van der Waals surface area contributed by atoms with E-state index in [4.69, 9.17) is 0 Å². The minimum Gasteiger partial charge on any atom is -0.508 e. The van der Waals surface area contributed by atoms with E-state index in [-0.39, 0.29) is 58.2 Å². The van der Waals surface area contributed by atoms with Crippen LogP contribution in [0.2, 0.25) is 0 Å². The van der Waals surface area contributed by atoms with Gasteiger partial charge in [0.2, 0.25) is 0 Å². The molecule has 0 aliphatic rings. The van der Waals surface area contributed by atoms with Crippen LogP contribution in [0.5, 0.6) is 17.2 Å². The van der Waals surface area contributed by atoms with Crippen molar-refractivity contribution in [3.05, 3.63) is 53.6 Å². The topological polar surface area (TPSA) is 89.8 Å². The number of phenols is 3. The first-order valence-corrected chi connectivity index (χ1v) is 7.01. The molecule has 124 valence electrons. The van der Waals surface area contributed by atoms with Crippen LogP contribution in [0, 0.1) is 0 Å². The van der Waals surface area contributed by atoms with Gasteiger partial charge >= 0.3 is 0 Å². The number of aromatic hydroxyl groups is 3. The Morgan fingerprint density at radius 1 is 1.00 bits per heavy atom. The van der Waals surface area contributed by atoms with Crippen molar-refractivity contribution in [2.45, 2.75) is 19.4 Å². The van der Waals surface area contributed by atoms with Crippen molar-refractivity contribution in [3.63, 3.8) is 0 Å². The first-order valence-electron chi connectivity index (χ1n) is 7.01. The molecule has 0 radical (unpaired) electrons. The highest BCUT2D eigenvalue weighted by Crippen LogP contribution is 2.20. The molecule has 1 unspecified atom stereocenters. The minimum absolute atomic E-state index is 0. The summed E-state index contributed by atoms with van der Waals surface area (Å²) in [5, 5.41) is 31.1. The molecule has 0 saturated carbocycles. The van der Waals surface area contributed by atoms with Gasteiger partial charge in [0.05, 0.1) is 6.54 Å². The van der Waals surface area contributed by atoms with Crippen molar-refractivity contribution in [1.29, 1.82) is 0 Å². The maximum atomic E-state index is 12.0. The predicted octanol–water partition coefficient (Wildman–Crippen LogP) is 2.78. The number of nitrogens with one attached hydrogen (secondary N) is 1. The third-order valence-corrected chi connectivity index (χ3v) is 3.31. The van der Waals surface area contributed by atoms with Crippen LogP contribution < -0.4 is 5.32 Å². The average molecular weight is 382 g/mol. The molecular weight excluding hydrogens is 362 g/mol. The van der Waals surface area contributed by atoms with Gasteiger partial charge in [-0.05, 0) is 43.2 Å². The summed E-state index contributed by atoms with van der Waals surface area (Å²) in [4.78, 5) is 12.0. The van der Waals surface area contributed by atoms with Crippen molar-refractivity contribution in [2.75, 3.05) is 6.54 Å². The van der Waals surface area contributed by atoms with Crippen LogP contribution in [0.4, 0.5) is 0 Å². The van der Waals surface area contributed by atoms with Gasteiger partial charge in [-0.2, -0.15) is 0 Å². The van der Waals surface area contributed by atoms with Gasteiger partial charge < -0.3 is 20.6 Å². The maximum Gasteiger partial charge on any atom is 0.176 e. The summed E-state index contributed by atoms with van der Waals surface area (Å²) in [5.41, 5.74) is 1.32. The molecule has 23 heavy (non-hydrogen) atoms. The highest BCUT2D eigenvalue weighted by Gasteiger charge is 2.11. The number of carbonyl (C=O) groups is 1. The van der Waals surface area contributed by atoms with E-state index in [9.17, 15) is 20.1 Å². The van der Waals surface area contributed by atoms with E-state index in [2.05, 4.69) is 5.32 Å². The number of rotatable bonds is 6.